The number of halogens is 3. The molecule has 4 aliphatic rings. The van der Waals surface area contributed by atoms with Crippen molar-refractivity contribution in [3.8, 4) is 0 Å². The quantitative estimate of drug-likeness (QED) is 0.520. The summed E-state index contributed by atoms with van der Waals surface area (Å²) in [7, 11) is -3.57. The van der Waals surface area contributed by atoms with Gasteiger partial charge in [0, 0.05) is 23.9 Å². The molecule has 3 unspecified atom stereocenters. The maximum absolute atomic E-state index is 13.6. The van der Waals surface area contributed by atoms with Crippen LogP contribution in [-0.4, -0.2) is 79.0 Å². The summed E-state index contributed by atoms with van der Waals surface area (Å²) in [6.07, 6.45) is 4.82. The maximum atomic E-state index is 13.6. The molecular formula is C25H35F3N4O5S. The number of nitrogens with zero attached hydrogens (tertiary/aromatic N) is 3. The molecule has 5 rings (SSSR count). The minimum atomic E-state index is -3.57. The Labute approximate surface area is 220 Å². The van der Waals surface area contributed by atoms with Crippen LogP contribution in [0.25, 0.3) is 0 Å². The molecule has 4 fully saturated rings. The molecule has 0 bridgehead atoms. The fraction of sp³-hybridized carbons (Fsp3) is 0.800. The number of carbonyl (C=O) groups excluding carboxylic acids is 1. The van der Waals surface area contributed by atoms with E-state index in [9.17, 15) is 26.4 Å². The molecule has 1 N–H and O–H groups in total. The Kier molecular flexibility index (Phi) is 6.74. The van der Waals surface area contributed by atoms with E-state index in [1.807, 2.05) is 0 Å². The highest BCUT2D eigenvalue weighted by Crippen LogP contribution is 2.66. The summed E-state index contributed by atoms with van der Waals surface area (Å²) < 4.78 is 78.8. The van der Waals surface area contributed by atoms with Crippen LogP contribution in [0.1, 0.15) is 58.7 Å². The molecule has 0 radical (unpaired) electrons. The Balaban J connectivity index is 1.24. The molecule has 0 aromatic carbocycles. The third kappa shape index (κ3) is 4.90. The number of ether oxygens (including phenoxy) is 2. The van der Waals surface area contributed by atoms with Crippen molar-refractivity contribution < 1.29 is 35.9 Å². The molecule has 9 nitrogen and oxygen atoms in total. The Morgan fingerprint density at radius 1 is 1.24 bits per heavy atom. The summed E-state index contributed by atoms with van der Waals surface area (Å²) in [5.41, 5.74) is -1.56. The Bertz CT molecular complexity index is 1190. The number of hydrogen-bond donors (Lipinski definition) is 1. The minimum absolute atomic E-state index is 0.0753. The summed E-state index contributed by atoms with van der Waals surface area (Å²) in [5.74, 6) is -2.08. The molecule has 3 saturated carbocycles. The normalized spacial score (nSPS) is 39.5. The van der Waals surface area contributed by atoms with Gasteiger partial charge in [0.1, 0.15) is 12.4 Å². The highest BCUT2D eigenvalue weighted by Gasteiger charge is 2.69. The van der Waals surface area contributed by atoms with E-state index < -0.39 is 52.0 Å². The fourth-order valence-electron chi connectivity index (χ4n) is 6.74. The van der Waals surface area contributed by atoms with Crippen molar-refractivity contribution in [1.29, 1.82) is 0 Å². The second-order valence-electron chi connectivity index (χ2n) is 11.9. The van der Waals surface area contributed by atoms with Crippen LogP contribution in [0.2, 0.25) is 0 Å². The van der Waals surface area contributed by atoms with Crippen LogP contribution in [0.3, 0.4) is 0 Å². The van der Waals surface area contributed by atoms with Gasteiger partial charge in [0.25, 0.3) is 5.92 Å². The predicted molar refractivity (Wildman–Crippen MR) is 130 cm³/mol. The van der Waals surface area contributed by atoms with E-state index in [1.165, 1.54) is 24.2 Å². The first-order valence-corrected chi connectivity index (χ1v) is 15.0. The van der Waals surface area contributed by atoms with Crippen molar-refractivity contribution in [1.82, 2.24) is 19.6 Å². The summed E-state index contributed by atoms with van der Waals surface area (Å²) in [4.78, 5) is 22.9. The van der Waals surface area contributed by atoms with Crippen molar-refractivity contribution >= 4 is 16.1 Å². The van der Waals surface area contributed by atoms with Crippen LogP contribution in [-0.2, 0) is 24.9 Å². The number of nitrogens with one attached hydrogen (secondary N) is 1. The standard InChI is InChI=1S/C25H35F3N4O5S/c1-14-7-19(31-38(4,34)35)20(32(14)22(33)37-13-23(3)12-25(23,27)28)11-36-17-5-6-24(15(2)18(24)8-17)21-29-9-16(26)10-30-21/h9-10,14-15,17-20,31H,5-8,11-13H2,1-4H3/t14-,15?,17+,18?,19+,20+,23?,24-/m1/s1. The predicted octanol–water partition coefficient (Wildman–Crippen LogP) is 3.25. The highest BCUT2D eigenvalue weighted by atomic mass is 32.2. The maximum Gasteiger partial charge on any atom is 0.410 e. The van der Waals surface area contributed by atoms with E-state index >= 15 is 0 Å². The van der Waals surface area contributed by atoms with Crippen molar-refractivity contribution in [2.45, 2.75) is 88.4 Å². The van der Waals surface area contributed by atoms with Gasteiger partial charge in [-0.25, -0.2) is 41.1 Å². The van der Waals surface area contributed by atoms with Gasteiger partial charge in [0.15, 0.2) is 5.82 Å². The van der Waals surface area contributed by atoms with E-state index in [1.54, 1.807) is 6.92 Å². The van der Waals surface area contributed by atoms with Crippen molar-refractivity contribution in [2.24, 2.45) is 17.3 Å². The van der Waals surface area contributed by atoms with Gasteiger partial charge in [-0.05, 0) is 44.4 Å². The molecule has 38 heavy (non-hydrogen) atoms. The number of rotatable bonds is 8. The third-order valence-corrected chi connectivity index (χ3v) is 9.99. The second-order valence-corrected chi connectivity index (χ2v) is 13.7. The number of aromatic nitrogens is 2. The molecule has 1 amide bonds. The minimum Gasteiger partial charge on any atom is -0.449 e. The van der Waals surface area contributed by atoms with Crippen LogP contribution < -0.4 is 4.72 Å². The third-order valence-electron chi connectivity index (χ3n) is 9.26. The van der Waals surface area contributed by atoms with Gasteiger partial charge in [0.2, 0.25) is 10.0 Å². The second kappa shape index (κ2) is 9.29. The lowest BCUT2D eigenvalue weighted by atomic mass is 9.85. The molecule has 1 aliphatic heterocycles. The average molecular weight is 561 g/mol. The average Bonchev–Trinajstić information content (AvgIpc) is 3.54. The van der Waals surface area contributed by atoms with E-state index in [4.69, 9.17) is 9.47 Å². The molecule has 1 saturated heterocycles. The van der Waals surface area contributed by atoms with Gasteiger partial charge < -0.3 is 9.47 Å². The summed E-state index contributed by atoms with van der Waals surface area (Å²) in [6, 6.07) is -1.62. The number of likely N-dealkylation sites (tertiary alicyclic amines) is 1. The molecule has 1 aromatic rings. The van der Waals surface area contributed by atoms with Gasteiger partial charge in [0.05, 0.1) is 42.8 Å². The zero-order valence-electron chi connectivity index (χ0n) is 22.0. The van der Waals surface area contributed by atoms with Crippen molar-refractivity contribution in [2.75, 3.05) is 19.5 Å². The number of amides is 1. The van der Waals surface area contributed by atoms with E-state index in [2.05, 4.69) is 21.6 Å². The van der Waals surface area contributed by atoms with Crippen LogP contribution >= 0.6 is 0 Å². The number of carbonyl (C=O) groups is 1. The van der Waals surface area contributed by atoms with Crippen LogP contribution in [0, 0.1) is 23.1 Å². The Morgan fingerprint density at radius 3 is 2.47 bits per heavy atom. The van der Waals surface area contributed by atoms with Gasteiger partial charge in [-0.3, -0.25) is 4.90 Å². The van der Waals surface area contributed by atoms with Gasteiger partial charge >= 0.3 is 6.09 Å². The fourth-order valence-corrected chi connectivity index (χ4v) is 7.55. The summed E-state index contributed by atoms with van der Waals surface area (Å²) in [6.45, 7) is 4.95. The van der Waals surface area contributed by atoms with Crippen LogP contribution in [0.15, 0.2) is 12.4 Å². The first-order chi connectivity index (χ1) is 17.7. The topological polar surface area (TPSA) is 111 Å². The lowest BCUT2D eigenvalue weighted by Crippen LogP contribution is -2.50. The van der Waals surface area contributed by atoms with Crippen molar-refractivity contribution in [3.63, 3.8) is 0 Å². The Morgan fingerprint density at radius 2 is 1.89 bits per heavy atom. The zero-order chi connectivity index (χ0) is 27.7. The first kappa shape index (κ1) is 27.6. The molecule has 2 heterocycles. The summed E-state index contributed by atoms with van der Waals surface area (Å²) >= 11 is 0. The number of fused-ring (bicyclic) bond motifs is 1. The lowest BCUT2D eigenvalue weighted by Gasteiger charge is -2.33. The number of alkyl halides is 2. The lowest BCUT2D eigenvalue weighted by molar-refractivity contribution is -0.0171. The van der Waals surface area contributed by atoms with Crippen LogP contribution in [0.4, 0.5) is 18.0 Å². The van der Waals surface area contributed by atoms with E-state index in [-0.39, 0.29) is 36.5 Å². The van der Waals surface area contributed by atoms with Gasteiger partial charge in [-0.2, -0.15) is 0 Å². The molecule has 212 valence electrons. The Hall–Kier alpha value is -1.99. The molecule has 1 aromatic heterocycles. The van der Waals surface area contributed by atoms with Crippen molar-refractivity contribution in [3.05, 3.63) is 24.0 Å². The molecule has 0 spiro atoms. The number of sulfonamides is 1. The summed E-state index contributed by atoms with van der Waals surface area (Å²) in [5, 5.41) is 0. The van der Waals surface area contributed by atoms with E-state index in [0.29, 0.717) is 24.6 Å². The first-order valence-electron chi connectivity index (χ1n) is 13.1. The SMILES string of the molecule is CC1C2C[C@@H](OC[C@H]3[C@@H](NS(C)(=O)=O)C[C@@H](C)N3C(=O)OCC3(C)CC3(F)F)CC[C@@]12c1ncc(F)cn1. The molecule has 3 aliphatic carbocycles. The van der Waals surface area contributed by atoms with Crippen LogP contribution in [0.5, 0.6) is 0 Å². The molecule has 13 heteroatoms. The monoisotopic (exact) mass is 560 g/mol. The smallest absolute Gasteiger partial charge is 0.410 e. The van der Waals surface area contributed by atoms with Gasteiger partial charge in [-0.1, -0.05) is 13.8 Å². The molecular weight excluding hydrogens is 525 g/mol. The number of hydrogen-bond acceptors (Lipinski definition) is 7. The van der Waals surface area contributed by atoms with Gasteiger partial charge in [-0.15, -0.1) is 0 Å². The van der Waals surface area contributed by atoms with E-state index in [0.717, 1.165) is 19.1 Å². The zero-order valence-corrected chi connectivity index (χ0v) is 22.8. The largest absolute Gasteiger partial charge is 0.449 e. The highest BCUT2D eigenvalue weighted by molar-refractivity contribution is 7.88. The molecule has 8 atom stereocenters.